The van der Waals surface area contributed by atoms with E-state index in [1.54, 1.807) is 0 Å². The van der Waals surface area contributed by atoms with E-state index in [4.69, 9.17) is 4.74 Å². The predicted molar refractivity (Wildman–Crippen MR) is 65.4 cm³/mol. The van der Waals surface area contributed by atoms with Crippen LogP contribution >= 0.6 is 0 Å². The number of nitrogens with one attached hydrogen (secondary N) is 1. The highest BCUT2D eigenvalue weighted by molar-refractivity contribution is 4.91. The van der Waals surface area contributed by atoms with Crippen LogP contribution in [0.3, 0.4) is 0 Å². The highest BCUT2D eigenvalue weighted by atomic mass is 16.5. The molecule has 2 aliphatic carbocycles. The summed E-state index contributed by atoms with van der Waals surface area (Å²) in [7, 11) is 0. The van der Waals surface area contributed by atoms with Gasteiger partial charge in [0, 0.05) is 6.54 Å². The zero-order valence-electron chi connectivity index (χ0n) is 10.5. The third-order valence-corrected chi connectivity index (χ3v) is 4.98. The maximum Gasteiger partial charge on any atom is 0.0704 e. The molecule has 2 nitrogen and oxygen atoms in total. The first kappa shape index (κ1) is 11.0. The van der Waals surface area contributed by atoms with Gasteiger partial charge in [-0.3, -0.25) is 0 Å². The second-order valence-electron chi connectivity index (χ2n) is 6.24. The summed E-state index contributed by atoms with van der Waals surface area (Å²) in [6, 6.07) is 0. The van der Waals surface area contributed by atoms with Crippen molar-refractivity contribution in [2.45, 2.75) is 57.7 Å². The molecular weight excluding hydrogens is 198 g/mol. The maximum atomic E-state index is 5.83. The molecule has 0 aromatic carbocycles. The van der Waals surface area contributed by atoms with Crippen molar-refractivity contribution >= 4 is 0 Å². The molecule has 5 unspecified atom stereocenters. The monoisotopic (exact) mass is 223 g/mol. The van der Waals surface area contributed by atoms with Gasteiger partial charge in [-0.05, 0) is 63.3 Å². The van der Waals surface area contributed by atoms with Crippen molar-refractivity contribution in [3.8, 4) is 0 Å². The van der Waals surface area contributed by atoms with E-state index < -0.39 is 0 Å². The third kappa shape index (κ3) is 2.28. The van der Waals surface area contributed by atoms with Crippen LogP contribution in [0, 0.1) is 17.8 Å². The molecule has 0 radical (unpaired) electrons. The lowest BCUT2D eigenvalue weighted by molar-refractivity contribution is 0.0551. The molecule has 0 amide bonds. The Hall–Kier alpha value is -0.0800. The van der Waals surface area contributed by atoms with E-state index in [9.17, 15) is 0 Å². The molecule has 2 saturated carbocycles. The molecule has 3 fully saturated rings. The minimum absolute atomic E-state index is 0.494. The van der Waals surface area contributed by atoms with E-state index in [-0.39, 0.29) is 0 Å². The normalized spacial score (nSPS) is 46.7. The predicted octanol–water partition coefficient (Wildman–Crippen LogP) is 2.58. The van der Waals surface area contributed by atoms with Crippen LogP contribution in [0.2, 0.25) is 0 Å². The fourth-order valence-corrected chi connectivity index (χ4v) is 4.09. The second-order valence-corrected chi connectivity index (χ2v) is 6.24. The van der Waals surface area contributed by atoms with Crippen molar-refractivity contribution in [1.82, 2.24) is 5.32 Å². The Morgan fingerprint density at radius 2 is 2.00 bits per heavy atom. The Labute approximate surface area is 99.1 Å². The fraction of sp³-hybridized carbons (Fsp3) is 1.00. The zero-order chi connectivity index (χ0) is 11.0. The lowest BCUT2D eigenvalue weighted by Gasteiger charge is -2.22. The second kappa shape index (κ2) is 4.66. The van der Waals surface area contributed by atoms with E-state index in [0.29, 0.717) is 12.2 Å². The molecule has 1 saturated heterocycles. The Balaban J connectivity index is 1.35. The Morgan fingerprint density at radius 3 is 2.62 bits per heavy atom. The lowest BCUT2D eigenvalue weighted by Crippen LogP contribution is -2.32. The summed E-state index contributed by atoms with van der Waals surface area (Å²) in [5.74, 6) is 3.12. The van der Waals surface area contributed by atoms with Crippen LogP contribution in [0.15, 0.2) is 0 Å². The molecule has 0 spiro atoms. The highest BCUT2D eigenvalue weighted by Crippen LogP contribution is 2.47. The summed E-state index contributed by atoms with van der Waals surface area (Å²) in [6.45, 7) is 4.52. The van der Waals surface area contributed by atoms with Crippen molar-refractivity contribution in [2.75, 3.05) is 13.1 Å². The van der Waals surface area contributed by atoms with E-state index in [0.717, 1.165) is 24.3 Å². The van der Waals surface area contributed by atoms with Gasteiger partial charge in [0.25, 0.3) is 0 Å². The van der Waals surface area contributed by atoms with Gasteiger partial charge in [-0.25, -0.2) is 0 Å². The van der Waals surface area contributed by atoms with Crippen molar-refractivity contribution in [3.05, 3.63) is 0 Å². The standard InChI is InChI=1S/C14H25NO/c1-10-2-5-14(16-10)9-15-8-13-7-11-3-4-12(13)6-11/h10-15H,2-9H2,1H3. The van der Waals surface area contributed by atoms with Crippen LogP contribution in [0.5, 0.6) is 0 Å². The van der Waals surface area contributed by atoms with Crippen molar-refractivity contribution < 1.29 is 4.74 Å². The molecule has 16 heavy (non-hydrogen) atoms. The minimum atomic E-state index is 0.494. The fourth-order valence-electron chi connectivity index (χ4n) is 4.09. The third-order valence-electron chi connectivity index (χ3n) is 4.98. The van der Waals surface area contributed by atoms with Gasteiger partial charge in [-0.15, -0.1) is 0 Å². The average Bonchev–Trinajstić information content (AvgIpc) is 2.94. The molecule has 3 aliphatic rings. The van der Waals surface area contributed by atoms with Gasteiger partial charge in [-0.1, -0.05) is 6.42 Å². The quantitative estimate of drug-likeness (QED) is 0.791. The van der Waals surface area contributed by atoms with Crippen LogP contribution in [0.25, 0.3) is 0 Å². The number of hydrogen-bond donors (Lipinski definition) is 1. The van der Waals surface area contributed by atoms with Crippen LogP contribution < -0.4 is 5.32 Å². The van der Waals surface area contributed by atoms with Gasteiger partial charge in [0.05, 0.1) is 12.2 Å². The summed E-state index contributed by atoms with van der Waals surface area (Å²) in [6.07, 6.45) is 9.55. The van der Waals surface area contributed by atoms with Crippen molar-refractivity contribution in [1.29, 1.82) is 0 Å². The van der Waals surface area contributed by atoms with Crippen molar-refractivity contribution in [3.63, 3.8) is 0 Å². The lowest BCUT2D eigenvalue weighted by atomic mass is 9.89. The molecule has 0 aromatic heterocycles. The van der Waals surface area contributed by atoms with Gasteiger partial charge in [-0.2, -0.15) is 0 Å². The molecule has 3 rings (SSSR count). The first-order valence-corrected chi connectivity index (χ1v) is 7.17. The highest BCUT2D eigenvalue weighted by Gasteiger charge is 2.39. The first-order valence-electron chi connectivity index (χ1n) is 7.17. The summed E-state index contributed by atoms with van der Waals surface area (Å²) in [5, 5.41) is 3.65. The molecular formula is C14H25NO. The molecule has 1 heterocycles. The van der Waals surface area contributed by atoms with E-state index in [1.807, 2.05) is 0 Å². The van der Waals surface area contributed by atoms with Gasteiger partial charge in [0.15, 0.2) is 0 Å². The smallest absolute Gasteiger partial charge is 0.0704 e. The van der Waals surface area contributed by atoms with E-state index in [2.05, 4.69) is 12.2 Å². The molecule has 1 aliphatic heterocycles. The van der Waals surface area contributed by atoms with Gasteiger partial charge < -0.3 is 10.1 Å². The molecule has 2 heteroatoms. The van der Waals surface area contributed by atoms with Gasteiger partial charge in [0.2, 0.25) is 0 Å². The van der Waals surface area contributed by atoms with E-state index in [1.165, 1.54) is 45.1 Å². The van der Waals surface area contributed by atoms with Crippen LogP contribution in [0.1, 0.15) is 45.4 Å². The maximum absolute atomic E-state index is 5.83. The number of hydrogen-bond acceptors (Lipinski definition) is 2. The molecule has 1 N–H and O–H groups in total. The SMILES string of the molecule is CC1CCC(CNCC2CC3CCC2C3)O1. The number of ether oxygens (including phenoxy) is 1. The van der Waals surface area contributed by atoms with Crippen LogP contribution in [0.4, 0.5) is 0 Å². The summed E-state index contributed by atoms with van der Waals surface area (Å²) in [5.41, 5.74) is 0. The largest absolute Gasteiger partial charge is 0.374 e. The topological polar surface area (TPSA) is 21.3 Å². The Bertz CT molecular complexity index is 243. The van der Waals surface area contributed by atoms with Crippen LogP contribution in [-0.4, -0.2) is 25.3 Å². The van der Waals surface area contributed by atoms with E-state index >= 15 is 0 Å². The summed E-state index contributed by atoms with van der Waals surface area (Å²) < 4.78 is 5.83. The van der Waals surface area contributed by atoms with Gasteiger partial charge >= 0.3 is 0 Å². The average molecular weight is 223 g/mol. The molecule has 2 bridgehead atoms. The first-order chi connectivity index (χ1) is 7.81. The Kier molecular flexibility index (Phi) is 3.21. The van der Waals surface area contributed by atoms with Crippen LogP contribution in [-0.2, 0) is 4.74 Å². The molecule has 92 valence electrons. The van der Waals surface area contributed by atoms with Crippen molar-refractivity contribution in [2.24, 2.45) is 17.8 Å². The van der Waals surface area contributed by atoms with Gasteiger partial charge in [0.1, 0.15) is 0 Å². The Morgan fingerprint density at radius 1 is 1.06 bits per heavy atom. The summed E-state index contributed by atoms with van der Waals surface area (Å²) in [4.78, 5) is 0. The summed E-state index contributed by atoms with van der Waals surface area (Å²) >= 11 is 0. The molecule has 0 aromatic rings. The number of fused-ring (bicyclic) bond motifs is 2. The zero-order valence-corrected chi connectivity index (χ0v) is 10.5. The minimum Gasteiger partial charge on any atom is -0.374 e. The molecule has 5 atom stereocenters. The number of rotatable bonds is 4.